The van der Waals surface area contributed by atoms with Crippen molar-refractivity contribution >= 4 is 11.9 Å². The molecule has 3 heterocycles. The zero-order valence-corrected chi connectivity index (χ0v) is 21.0. The summed E-state index contributed by atoms with van der Waals surface area (Å²) in [7, 11) is 0. The van der Waals surface area contributed by atoms with E-state index in [2.05, 4.69) is 9.80 Å². The predicted molar refractivity (Wildman–Crippen MR) is 133 cm³/mol. The van der Waals surface area contributed by atoms with Crippen molar-refractivity contribution in [2.24, 2.45) is 0 Å². The van der Waals surface area contributed by atoms with E-state index >= 15 is 0 Å². The quantitative estimate of drug-likeness (QED) is 0.592. The monoisotopic (exact) mass is 494 g/mol. The molecule has 2 N–H and O–H groups in total. The van der Waals surface area contributed by atoms with E-state index in [0.717, 1.165) is 72.4 Å². The van der Waals surface area contributed by atoms with E-state index in [1.807, 2.05) is 26.0 Å². The molecule has 5 rings (SSSR count). The summed E-state index contributed by atoms with van der Waals surface area (Å²) < 4.78 is 10.3. The van der Waals surface area contributed by atoms with Crippen molar-refractivity contribution in [2.75, 3.05) is 39.3 Å². The highest BCUT2D eigenvalue weighted by molar-refractivity contribution is 5.94. The van der Waals surface area contributed by atoms with Gasteiger partial charge in [0.25, 0.3) is 0 Å². The molecule has 3 aliphatic rings. The normalized spacial score (nSPS) is 20.2. The molecule has 192 valence electrons. The van der Waals surface area contributed by atoms with E-state index in [9.17, 15) is 19.8 Å². The van der Waals surface area contributed by atoms with Crippen LogP contribution in [0.2, 0.25) is 0 Å². The molecule has 8 heteroatoms. The minimum atomic E-state index is -0.650. The van der Waals surface area contributed by atoms with Crippen LogP contribution in [-0.2, 0) is 22.7 Å². The second kappa shape index (κ2) is 10.3. The molecule has 2 atom stereocenters. The Morgan fingerprint density at radius 1 is 0.722 bits per heavy atom. The molecular weight excluding hydrogens is 460 g/mol. The number of hydrogen-bond acceptors (Lipinski definition) is 8. The predicted octanol–water partition coefficient (Wildman–Crippen LogP) is 2.81. The van der Waals surface area contributed by atoms with Gasteiger partial charge in [0, 0.05) is 37.3 Å². The van der Waals surface area contributed by atoms with E-state index in [1.54, 1.807) is 12.1 Å². The van der Waals surface area contributed by atoms with Gasteiger partial charge in [-0.25, -0.2) is 9.59 Å². The molecule has 8 nitrogen and oxygen atoms in total. The Bertz CT molecular complexity index is 1090. The zero-order valence-electron chi connectivity index (χ0n) is 21.0. The van der Waals surface area contributed by atoms with E-state index in [1.165, 1.54) is 0 Å². The van der Waals surface area contributed by atoms with E-state index in [-0.39, 0.29) is 25.2 Å². The first-order valence-corrected chi connectivity index (χ1v) is 12.7. The molecule has 0 amide bonds. The molecule has 1 fully saturated rings. The van der Waals surface area contributed by atoms with Crippen molar-refractivity contribution in [2.45, 2.75) is 52.1 Å². The number of carbonyl (C=O) groups excluding carboxylic acids is 2. The van der Waals surface area contributed by atoms with Crippen LogP contribution >= 0.6 is 0 Å². The first kappa shape index (κ1) is 24.9. The van der Waals surface area contributed by atoms with Gasteiger partial charge in [0.15, 0.2) is 0 Å². The molecule has 0 aromatic heterocycles. The van der Waals surface area contributed by atoms with Gasteiger partial charge in [0.2, 0.25) is 0 Å². The lowest BCUT2D eigenvalue weighted by atomic mass is 9.95. The van der Waals surface area contributed by atoms with Gasteiger partial charge in [-0.3, -0.25) is 9.80 Å². The Balaban J connectivity index is 1.21. The molecule has 2 aromatic rings. The van der Waals surface area contributed by atoms with E-state index in [0.29, 0.717) is 24.2 Å². The van der Waals surface area contributed by atoms with Gasteiger partial charge in [-0.2, -0.15) is 0 Å². The number of benzene rings is 2. The second-order valence-corrected chi connectivity index (χ2v) is 10.1. The number of carbonyl (C=O) groups is 2. The van der Waals surface area contributed by atoms with Crippen LogP contribution in [-0.4, -0.2) is 71.2 Å². The third kappa shape index (κ3) is 4.78. The van der Waals surface area contributed by atoms with E-state index < -0.39 is 12.2 Å². The standard InChI is InChI=1S/C28H34N2O6/c1-17-19(5-7-21-23(17)15-35-27(21)33)25(31)13-29-9-3-4-10-30(12-11-29)14-26(32)20-6-8-22-24(18(20)2)16-36-28(22)34/h5-8,25-26,31-32H,3-4,9-16H2,1-2H3/t25-,26-/m0/s1. The number of nitrogens with zero attached hydrogens (tertiary/aromatic N) is 2. The van der Waals surface area contributed by atoms with Gasteiger partial charge in [-0.1, -0.05) is 12.1 Å². The number of hydrogen-bond donors (Lipinski definition) is 2. The summed E-state index contributed by atoms with van der Waals surface area (Å²) in [5.41, 5.74) is 6.50. The molecular formula is C28H34N2O6. The first-order valence-electron chi connectivity index (χ1n) is 12.7. The fourth-order valence-electron chi connectivity index (χ4n) is 5.69. The molecule has 1 saturated heterocycles. The number of aliphatic hydroxyl groups is 2. The van der Waals surface area contributed by atoms with Crippen LogP contribution in [0.3, 0.4) is 0 Å². The summed E-state index contributed by atoms with van der Waals surface area (Å²) >= 11 is 0. The maximum absolute atomic E-state index is 11.8. The van der Waals surface area contributed by atoms with Crippen LogP contribution < -0.4 is 0 Å². The molecule has 3 aliphatic heterocycles. The van der Waals surface area contributed by atoms with Crippen molar-refractivity contribution < 1.29 is 29.3 Å². The highest BCUT2D eigenvalue weighted by Gasteiger charge is 2.28. The number of esters is 2. The van der Waals surface area contributed by atoms with Crippen LogP contribution in [0.15, 0.2) is 24.3 Å². The maximum atomic E-state index is 11.8. The molecule has 0 bridgehead atoms. The van der Waals surface area contributed by atoms with Crippen LogP contribution in [0, 0.1) is 13.8 Å². The number of ether oxygens (including phenoxy) is 2. The third-order valence-corrected chi connectivity index (χ3v) is 7.93. The van der Waals surface area contributed by atoms with Crippen LogP contribution in [0.1, 0.15) is 79.1 Å². The third-order valence-electron chi connectivity index (χ3n) is 7.93. The van der Waals surface area contributed by atoms with Crippen molar-refractivity contribution in [3.8, 4) is 0 Å². The molecule has 0 aliphatic carbocycles. The Morgan fingerprint density at radius 2 is 1.14 bits per heavy atom. The second-order valence-electron chi connectivity index (χ2n) is 10.1. The highest BCUT2D eigenvalue weighted by atomic mass is 16.5. The summed E-state index contributed by atoms with van der Waals surface area (Å²) in [4.78, 5) is 28.2. The van der Waals surface area contributed by atoms with Gasteiger partial charge < -0.3 is 19.7 Å². The molecule has 2 aromatic carbocycles. The summed E-state index contributed by atoms with van der Waals surface area (Å²) in [6.07, 6.45) is 0.733. The number of cyclic esters (lactones) is 2. The van der Waals surface area contributed by atoms with Crippen molar-refractivity contribution in [3.63, 3.8) is 0 Å². The minimum Gasteiger partial charge on any atom is -0.457 e. The molecule has 0 unspecified atom stereocenters. The number of rotatable bonds is 6. The van der Waals surface area contributed by atoms with Crippen molar-refractivity contribution in [1.82, 2.24) is 9.80 Å². The smallest absolute Gasteiger partial charge is 0.338 e. The van der Waals surface area contributed by atoms with Crippen molar-refractivity contribution in [3.05, 3.63) is 68.8 Å². The van der Waals surface area contributed by atoms with Gasteiger partial charge in [0.05, 0.1) is 23.3 Å². The number of aliphatic hydroxyl groups excluding tert-OH is 2. The van der Waals surface area contributed by atoms with Gasteiger partial charge in [-0.15, -0.1) is 0 Å². The largest absolute Gasteiger partial charge is 0.457 e. The van der Waals surface area contributed by atoms with Crippen LogP contribution in [0.25, 0.3) is 0 Å². The topological polar surface area (TPSA) is 99.5 Å². The Labute approximate surface area is 211 Å². The Morgan fingerprint density at radius 3 is 1.56 bits per heavy atom. The number of fused-ring (bicyclic) bond motifs is 2. The summed E-state index contributed by atoms with van der Waals surface area (Å²) in [5, 5.41) is 22.1. The zero-order chi connectivity index (χ0) is 25.4. The summed E-state index contributed by atoms with van der Waals surface area (Å²) in [6, 6.07) is 7.21. The lowest BCUT2D eigenvalue weighted by Crippen LogP contribution is -2.42. The molecule has 0 radical (unpaired) electrons. The molecule has 0 spiro atoms. The minimum absolute atomic E-state index is 0.272. The number of β-amino-alcohol motifs (C(OH)–C–C–N with tert-alkyl or cyclic N) is 2. The average molecular weight is 495 g/mol. The summed E-state index contributed by atoms with van der Waals surface area (Å²) in [6.45, 7) is 8.88. The fourth-order valence-corrected chi connectivity index (χ4v) is 5.69. The first-order chi connectivity index (χ1) is 17.3. The lowest BCUT2D eigenvalue weighted by molar-refractivity contribution is 0.0525. The van der Waals surface area contributed by atoms with E-state index in [4.69, 9.17) is 9.47 Å². The van der Waals surface area contributed by atoms with Gasteiger partial charge in [0.1, 0.15) is 13.2 Å². The van der Waals surface area contributed by atoms with Gasteiger partial charge in [-0.05, 0) is 74.2 Å². The van der Waals surface area contributed by atoms with Crippen LogP contribution in [0.4, 0.5) is 0 Å². The maximum Gasteiger partial charge on any atom is 0.338 e. The lowest BCUT2D eigenvalue weighted by Gasteiger charge is -2.33. The Kier molecular flexibility index (Phi) is 7.12. The molecule has 0 saturated carbocycles. The highest BCUT2D eigenvalue weighted by Crippen LogP contribution is 2.31. The van der Waals surface area contributed by atoms with Crippen molar-refractivity contribution in [1.29, 1.82) is 0 Å². The molecule has 36 heavy (non-hydrogen) atoms. The van der Waals surface area contributed by atoms with Gasteiger partial charge >= 0.3 is 11.9 Å². The summed E-state index contributed by atoms with van der Waals surface area (Å²) in [5.74, 6) is -0.589. The Hall–Kier alpha value is -2.78. The SMILES string of the molecule is Cc1c([C@@H](O)CN2CCCCN(C[C@H](O)c3ccc4c(c3C)COC4=O)CC2)ccc2c1COC2=O. The van der Waals surface area contributed by atoms with Crippen LogP contribution in [0.5, 0.6) is 0 Å². The fraction of sp³-hybridized carbons (Fsp3) is 0.500. The average Bonchev–Trinajstić information content (AvgIpc) is 3.41.